The van der Waals surface area contributed by atoms with Gasteiger partial charge in [-0.1, -0.05) is 62.4 Å². The fraction of sp³-hybridized carbons (Fsp3) is 0.364. The van der Waals surface area contributed by atoms with E-state index in [9.17, 15) is 9.59 Å². The third-order valence-electron chi connectivity index (χ3n) is 4.82. The number of hydrogen-bond acceptors (Lipinski definition) is 2. The minimum atomic E-state index is -0.562. The summed E-state index contributed by atoms with van der Waals surface area (Å²) in [5, 5.41) is 6.08. The van der Waals surface area contributed by atoms with E-state index < -0.39 is 6.04 Å². The Morgan fingerprint density at radius 1 is 0.885 bits per heavy atom. The zero-order valence-corrected chi connectivity index (χ0v) is 15.3. The van der Waals surface area contributed by atoms with Gasteiger partial charge < -0.3 is 10.6 Å². The highest BCUT2D eigenvalue weighted by atomic mass is 16.2. The van der Waals surface area contributed by atoms with Crippen molar-refractivity contribution < 1.29 is 9.59 Å². The highest BCUT2D eigenvalue weighted by Crippen LogP contribution is 2.41. The zero-order valence-electron chi connectivity index (χ0n) is 15.3. The molecule has 2 atom stereocenters. The van der Waals surface area contributed by atoms with Crippen molar-refractivity contribution in [2.45, 2.75) is 38.8 Å². The molecule has 0 aliphatic heterocycles. The van der Waals surface area contributed by atoms with E-state index in [1.807, 2.05) is 50.2 Å². The molecule has 2 unspecified atom stereocenters. The molecular formula is C22H26N2O2. The lowest BCUT2D eigenvalue weighted by Gasteiger charge is -2.26. The predicted octanol–water partition coefficient (Wildman–Crippen LogP) is 3.71. The summed E-state index contributed by atoms with van der Waals surface area (Å²) in [6.45, 7) is 3.90. The first-order chi connectivity index (χ1) is 12.6. The average molecular weight is 350 g/mol. The van der Waals surface area contributed by atoms with Crippen LogP contribution in [-0.2, 0) is 4.79 Å². The summed E-state index contributed by atoms with van der Waals surface area (Å²) >= 11 is 0. The smallest absolute Gasteiger partial charge is 0.251 e. The third kappa shape index (κ3) is 4.51. The molecule has 3 rings (SSSR count). The van der Waals surface area contributed by atoms with Crippen molar-refractivity contribution in [3.05, 3.63) is 71.8 Å². The quantitative estimate of drug-likeness (QED) is 0.800. The second-order valence-electron chi connectivity index (χ2n) is 7.30. The Kier molecular flexibility index (Phi) is 5.71. The van der Waals surface area contributed by atoms with Crippen LogP contribution >= 0.6 is 0 Å². The van der Waals surface area contributed by atoms with E-state index in [-0.39, 0.29) is 23.8 Å². The van der Waals surface area contributed by atoms with Crippen molar-refractivity contribution in [3.8, 4) is 0 Å². The molecule has 1 fully saturated rings. The first kappa shape index (κ1) is 18.2. The van der Waals surface area contributed by atoms with E-state index in [4.69, 9.17) is 0 Å². The fourth-order valence-electron chi connectivity index (χ4n) is 3.16. The number of carbonyl (C=O) groups is 2. The van der Waals surface area contributed by atoms with Crippen molar-refractivity contribution in [1.29, 1.82) is 0 Å². The number of rotatable bonds is 7. The van der Waals surface area contributed by atoms with Gasteiger partial charge in [0.1, 0.15) is 6.04 Å². The van der Waals surface area contributed by atoms with Crippen LogP contribution in [0.2, 0.25) is 0 Å². The number of hydrogen-bond donors (Lipinski definition) is 2. The number of amides is 2. The van der Waals surface area contributed by atoms with Crippen molar-refractivity contribution in [2.75, 3.05) is 0 Å². The summed E-state index contributed by atoms with van der Waals surface area (Å²) in [6.07, 6.45) is 2.26. The monoisotopic (exact) mass is 350 g/mol. The lowest BCUT2D eigenvalue weighted by molar-refractivity contribution is -0.124. The molecule has 1 aliphatic rings. The molecule has 1 aliphatic carbocycles. The van der Waals surface area contributed by atoms with Gasteiger partial charge in [-0.25, -0.2) is 0 Å². The highest BCUT2D eigenvalue weighted by molar-refractivity contribution is 5.97. The molecule has 1 saturated carbocycles. The van der Waals surface area contributed by atoms with Crippen LogP contribution in [0, 0.1) is 11.8 Å². The Bertz CT molecular complexity index is 739. The molecule has 2 N–H and O–H groups in total. The molecule has 2 aromatic rings. The lowest BCUT2D eigenvalue weighted by Crippen LogP contribution is -2.50. The van der Waals surface area contributed by atoms with E-state index in [2.05, 4.69) is 22.8 Å². The lowest BCUT2D eigenvalue weighted by atomic mass is 9.99. The Hall–Kier alpha value is -2.62. The van der Waals surface area contributed by atoms with Crippen LogP contribution in [0.15, 0.2) is 60.7 Å². The molecule has 0 spiro atoms. The molecule has 26 heavy (non-hydrogen) atoms. The molecule has 0 aromatic heterocycles. The Morgan fingerprint density at radius 3 is 2.00 bits per heavy atom. The molecule has 136 valence electrons. The summed E-state index contributed by atoms with van der Waals surface area (Å²) in [5.41, 5.74) is 1.69. The molecule has 0 saturated heterocycles. The SMILES string of the molecule is CC(C)C(NC(=O)c1ccccc1)C(=O)NC(c1ccccc1)C1CC1. The van der Waals surface area contributed by atoms with Gasteiger partial charge in [0.15, 0.2) is 0 Å². The van der Waals surface area contributed by atoms with Crippen LogP contribution in [0.5, 0.6) is 0 Å². The fourth-order valence-corrected chi connectivity index (χ4v) is 3.16. The van der Waals surface area contributed by atoms with Gasteiger partial charge in [-0.05, 0) is 42.4 Å². The van der Waals surface area contributed by atoms with Gasteiger partial charge in [-0.3, -0.25) is 9.59 Å². The van der Waals surface area contributed by atoms with Gasteiger partial charge in [-0.15, -0.1) is 0 Å². The van der Waals surface area contributed by atoms with Crippen LogP contribution in [0.1, 0.15) is 48.7 Å². The van der Waals surface area contributed by atoms with Gasteiger partial charge in [0.2, 0.25) is 5.91 Å². The minimum absolute atomic E-state index is 0.00158. The summed E-state index contributed by atoms with van der Waals surface area (Å²) < 4.78 is 0. The van der Waals surface area contributed by atoms with E-state index in [0.717, 1.165) is 18.4 Å². The van der Waals surface area contributed by atoms with E-state index in [0.29, 0.717) is 11.5 Å². The Labute approximate surface area is 155 Å². The standard InChI is InChI=1S/C22H26N2O2/c1-15(2)19(23-21(25)18-11-7-4-8-12-18)22(26)24-20(17-13-14-17)16-9-5-3-6-10-16/h3-12,15,17,19-20H,13-14H2,1-2H3,(H,23,25)(H,24,26). The maximum Gasteiger partial charge on any atom is 0.251 e. The number of benzene rings is 2. The van der Waals surface area contributed by atoms with Crippen LogP contribution < -0.4 is 10.6 Å². The largest absolute Gasteiger partial charge is 0.347 e. The van der Waals surface area contributed by atoms with Gasteiger partial charge in [0.25, 0.3) is 5.91 Å². The maximum absolute atomic E-state index is 12.9. The summed E-state index contributed by atoms with van der Waals surface area (Å²) in [6, 6.07) is 18.5. The number of nitrogens with one attached hydrogen (secondary N) is 2. The molecule has 4 nitrogen and oxygen atoms in total. The molecule has 2 amide bonds. The molecule has 0 heterocycles. The zero-order chi connectivity index (χ0) is 18.5. The highest BCUT2D eigenvalue weighted by Gasteiger charge is 2.35. The Morgan fingerprint density at radius 2 is 1.46 bits per heavy atom. The maximum atomic E-state index is 12.9. The molecule has 0 radical (unpaired) electrons. The predicted molar refractivity (Wildman–Crippen MR) is 103 cm³/mol. The van der Waals surface area contributed by atoms with E-state index in [1.54, 1.807) is 12.1 Å². The van der Waals surface area contributed by atoms with E-state index in [1.165, 1.54) is 0 Å². The van der Waals surface area contributed by atoms with Crippen LogP contribution in [0.25, 0.3) is 0 Å². The van der Waals surface area contributed by atoms with Crippen molar-refractivity contribution >= 4 is 11.8 Å². The first-order valence-electron chi connectivity index (χ1n) is 9.27. The summed E-state index contributed by atoms with van der Waals surface area (Å²) in [7, 11) is 0. The molecular weight excluding hydrogens is 324 g/mol. The third-order valence-corrected chi connectivity index (χ3v) is 4.82. The van der Waals surface area contributed by atoms with Crippen molar-refractivity contribution in [3.63, 3.8) is 0 Å². The first-order valence-corrected chi connectivity index (χ1v) is 9.27. The number of carbonyl (C=O) groups excluding carboxylic acids is 2. The minimum Gasteiger partial charge on any atom is -0.347 e. The van der Waals surface area contributed by atoms with E-state index >= 15 is 0 Å². The molecule has 2 aromatic carbocycles. The summed E-state index contributed by atoms with van der Waals surface area (Å²) in [5.74, 6) is 0.143. The molecule has 0 bridgehead atoms. The van der Waals surface area contributed by atoms with Crippen LogP contribution in [-0.4, -0.2) is 17.9 Å². The van der Waals surface area contributed by atoms with Crippen LogP contribution in [0.4, 0.5) is 0 Å². The van der Waals surface area contributed by atoms with Crippen LogP contribution in [0.3, 0.4) is 0 Å². The van der Waals surface area contributed by atoms with Gasteiger partial charge in [-0.2, -0.15) is 0 Å². The molecule has 4 heteroatoms. The normalized spacial score (nSPS) is 16.0. The average Bonchev–Trinajstić information content (AvgIpc) is 3.50. The topological polar surface area (TPSA) is 58.2 Å². The second-order valence-corrected chi connectivity index (χ2v) is 7.30. The summed E-state index contributed by atoms with van der Waals surface area (Å²) in [4.78, 5) is 25.4. The van der Waals surface area contributed by atoms with Crippen molar-refractivity contribution in [1.82, 2.24) is 10.6 Å². The van der Waals surface area contributed by atoms with Gasteiger partial charge >= 0.3 is 0 Å². The van der Waals surface area contributed by atoms with Crippen molar-refractivity contribution in [2.24, 2.45) is 11.8 Å². The van der Waals surface area contributed by atoms with Gasteiger partial charge in [0.05, 0.1) is 6.04 Å². The Balaban J connectivity index is 1.71. The van der Waals surface area contributed by atoms with Gasteiger partial charge in [0, 0.05) is 5.56 Å². The second kappa shape index (κ2) is 8.17.